The number of aromatic nitrogens is 3. The average Bonchev–Trinajstić information content (AvgIpc) is 3.91. The van der Waals surface area contributed by atoms with Crippen molar-refractivity contribution in [2.75, 3.05) is 44.2 Å². The molecule has 0 bridgehead atoms. The van der Waals surface area contributed by atoms with E-state index in [4.69, 9.17) is 26.1 Å². The lowest BCUT2D eigenvalue weighted by atomic mass is 9.93. The zero-order valence-electron chi connectivity index (χ0n) is 29.2. The lowest BCUT2D eigenvalue weighted by Gasteiger charge is -2.42. The van der Waals surface area contributed by atoms with Gasteiger partial charge in [0.05, 0.1) is 29.4 Å². The van der Waals surface area contributed by atoms with Crippen molar-refractivity contribution in [1.82, 2.24) is 25.2 Å². The highest BCUT2D eigenvalue weighted by Gasteiger charge is 2.46. The van der Waals surface area contributed by atoms with Crippen LogP contribution < -0.4 is 15.0 Å². The zero-order valence-corrected chi connectivity index (χ0v) is 29.2. The maximum atomic E-state index is 17.2. The molecule has 3 fully saturated rings. The van der Waals surface area contributed by atoms with Crippen LogP contribution in [0.15, 0.2) is 30.3 Å². The minimum atomic E-state index is -4.63. The van der Waals surface area contributed by atoms with Gasteiger partial charge in [-0.05, 0) is 55.9 Å². The number of terminal acetylenes is 1. The molecule has 13 heteroatoms. The Morgan fingerprint density at radius 3 is 2.56 bits per heavy atom. The van der Waals surface area contributed by atoms with Gasteiger partial charge in [0.25, 0.3) is 0 Å². The Labute approximate surface area is 299 Å². The van der Waals surface area contributed by atoms with Crippen LogP contribution >= 0.6 is 0 Å². The highest BCUT2D eigenvalue weighted by molar-refractivity contribution is 6.02. The summed E-state index contributed by atoms with van der Waals surface area (Å²) in [7, 11) is 0. The van der Waals surface area contributed by atoms with Gasteiger partial charge in [-0.2, -0.15) is 9.97 Å². The van der Waals surface area contributed by atoms with Crippen molar-refractivity contribution < 1.29 is 31.4 Å². The van der Waals surface area contributed by atoms with E-state index in [0.29, 0.717) is 78.7 Å². The standard InChI is InChI=1S/C39H41F5N6O2/c1-4-24-19-50-30(18-45-24)22(3)17-29-32-35(33(41)34(46-29)27-8-6-7-23-9-10-28(40)26(5-2)31(23)27)47-37(48-36(32)50)51-21-38(13-14-38)20-49-15-11-25(12-16-49)52-39(42,43)44/h2,6-10,22,24-25,30,45H,4,11-21H2,1,3H3/t22-,24+,30+/m0/s1. The molecule has 274 valence electrons. The summed E-state index contributed by atoms with van der Waals surface area (Å²) in [6.45, 7) is 7.66. The number of fused-ring (bicyclic) bond motifs is 3. The Bertz CT molecular complexity index is 2060. The van der Waals surface area contributed by atoms with Crippen LogP contribution in [0.4, 0.5) is 27.8 Å². The van der Waals surface area contributed by atoms with E-state index in [0.717, 1.165) is 25.8 Å². The van der Waals surface area contributed by atoms with Gasteiger partial charge in [-0.1, -0.05) is 44.0 Å². The first-order chi connectivity index (χ1) is 25.0. The van der Waals surface area contributed by atoms with Crippen LogP contribution in [-0.4, -0.2) is 83.7 Å². The van der Waals surface area contributed by atoms with E-state index < -0.39 is 24.1 Å². The smallest absolute Gasteiger partial charge is 0.463 e. The lowest BCUT2D eigenvalue weighted by Crippen LogP contribution is -2.58. The maximum absolute atomic E-state index is 17.2. The number of nitrogens with one attached hydrogen (secondary N) is 1. The van der Waals surface area contributed by atoms with Crippen molar-refractivity contribution in [3.8, 4) is 29.6 Å². The van der Waals surface area contributed by atoms with Crippen LogP contribution in [0.1, 0.15) is 57.2 Å². The van der Waals surface area contributed by atoms with Gasteiger partial charge in [-0.15, -0.1) is 19.6 Å². The minimum absolute atomic E-state index is 0.0407. The number of piperidine rings is 1. The molecule has 5 heterocycles. The molecule has 2 aromatic carbocycles. The molecule has 0 radical (unpaired) electrons. The summed E-state index contributed by atoms with van der Waals surface area (Å²) in [6, 6.07) is 8.56. The molecule has 1 aliphatic carbocycles. The normalized spacial score (nSPS) is 23.3. The van der Waals surface area contributed by atoms with Crippen LogP contribution in [0.3, 0.4) is 0 Å². The van der Waals surface area contributed by atoms with Crippen molar-refractivity contribution in [2.24, 2.45) is 11.3 Å². The molecule has 3 aliphatic heterocycles. The quantitative estimate of drug-likeness (QED) is 0.154. The molecule has 3 atom stereocenters. The summed E-state index contributed by atoms with van der Waals surface area (Å²) >= 11 is 0. The number of anilines is 1. The maximum Gasteiger partial charge on any atom is 0.522 e. The van der Waals surface area contributed by atoms with E-state index in [9.17, 15) is 13.2 Å². The molecule has 0 amide bonds. The molecular weight excluding hydrogens is 679 g/mol. The zero-order chi connectivity index (χ0) is 36.4. The fourth-order valence-corrected chi connectivity index (χ4v) is 8.39. The lowest BCUT2D eigenvalue weighted by molar-refractivity contribution is -0.345. The number of benzene rings is 2. The Balaban J connectivity index is 1.17. The SMILES string of the molecule is C#Cc1c(F)ccc2cccc(-c3nc4c5c(nc(OCC6(CN7CCC(OC(F)(F)F)CC7)CC6)nc5c3F)N3C[C@@H](CC)NC[C@@H]3[C@@H](C)C4)c12. The van der Waals surface area contributed by atoms with Crippen LogP contribution in [0.2, 0.25) is 0 Å². The third-order valence-corrected chi connectivity index (χ3v) is 11.4. The van der Waals surface area contributed by atoms with Gasteiger partial charge >= 0.3 is 12.4 Å². The molecule has 1 N–H and O–H groups in total. The van der Waals surface area contributed by atoms with Crippen LogP contribution in [0, 0.1) is 35.3 Å². The summed E-state index contributed by atoms with van der Waals surface area (Å²) in [5.74, 6) is 1.95. The van der Waals surface area contributed by atoms with Crippen molar-refractivity contribution in [2.45, 2.75) is 76.9 Å². The molecule has 4 aliphatic rings. The van der Waals surface area contributed by atoms with Crippen molar-refractivity contribution in [3.05, 3.63) is 53.2 Å². The predicted molar refractivity (Wildman–Crippen MR) is 188 cm³/mol. The van der Waals surface area contributed by atoms with E-state index in [1.165, 1.54) is 6.07 Å². The van der Waals surface area contributed by atoms with Gasteiger partial charge < -0.3 is 19.9 Å². The number of hydrogen-bond acceptors (Lipinski definition) is 8. The first-order valence-corrected chi connectivity index (χ1v) is 18.1. The van der Waals surface area contributed by atoms with E-state index in [1.807, 2.05) is 6.07 Å². The first kappa shape index (κ1) is 34.9. The van der Waals surface area contributed by atoms with Gasteiger partial charge in [0.2, 0.25) is 0 Å². The number of alkyl halides is 3. The highest BCUT2D eigenvalue weighted by Crippen LogP contribution is 2.48. The van der Waals surface area contributed by atoms with Crippen LogP contribution in [0.25, 0.3) is 32.9 Å². The number of halogens is 5. The Morgan fingerprint density at radius 2 is 1.85 bits per heavy atom. The second-order valence-corrected chi connectivity index (χ2v) is 15.0. The van der Waals surface area contributed by atoms with Crippen LogP contribution in [-0.2, 0) is 11.2 Å². The van der Waals surface area contributed by atoms with Crippen molar-refractivity contribution in [1.29, 1.82) is 0 Å². The molecule has 52 heavy (non-hydrogen) atoms. The number of pyridine rings is 1. The van der Waals surface area contributed by atoms with Gasteiger partial charge in [0.15, 0.2) is 5.82 Å². The largest absolute Gasteiger partial charge is 0.522 e. The molecule has 2 aromatic heterocycles. The Kier molecular flexibility index (Phi) is 8.99. The van der Waals surface area contributed by atoms with Gasteiger partial charge in [-0.25, -0.2) is 13.8 Å². The van der Waals surface area contributed by atoms with E-state index in [1.54, 1.807) is 18.2 Å². The van der Waals surface area contributed by atoms with Gasteiger partial charge in [-0.3, -0.25) is 4.74 Å². The molecule has 1 saturated carbocycles. The highest BCUT2D eigenvalue weighted by atomic mass is 19.4. The third-order valence-electron chi connectivity index (χ3n) is 11.4. The van der Waals surface area contributed by atoms with E-state index in [2.05, 4.69) is 39.6 Å². The second-order valence-electron chi connectivity index (χ2n) is 15.0. The summed E-state index contributed by atoms with van der Waals surface area (Å²) in [5, 5.41) is 5.28. The first-order valence-electron chi connectivity index (χ1n) is 18.1. The second kappa shape index (κ2) is 13.4. The molecule has 0 spiro atoms. The molecule has 4 aromatic rings. The van der Waals surface area contributed by atoms with Gasteiger partial charge in [0.1, 0.15) is 22.8 Å². The minimum Gasteiger partial charge on any atom is -0.463 e. The summed E-state index contributed by atoms with van der Waals surface area (Å²) in [5.41, 5.74) is 1.02. The number of rotatable bonds is 8. The van der Waals surface area contributed by atoms with E-state index >= 15 is 8.78 Å². The Morgan fingerprint density at radius 1 is 1.06 bits per heavy atom. The monoisotopic (exact) mass is 720 g/mol. The summed E-state index contributed by atoms with van der Waals surface area (Å²) in [6.07, 6.45) is 4.18. The fraction of sp³-hybridized carbons (Fsp3) is 0.513. The third kappa shape index (κ3) is 6.54. The number of likely N-dealkylation sites (tertiary alicyclic amines) is 1. The van der Waals surface area contributed by atoms with E-state index in [-0.39, 0.29) is 52.8 Å². The molecule has 8 rings (SSSR count). The van der Waals surface area contributed by atoms with Gasteiger partial charge in [0, 0.05) is 61.2 Å². The Hall–Kier alpha value is -4.12. The number of hydrogen-bond donors (Lipinski definition) is 1. The topological polar surface area (TPSA) is 75.6 Å². The molecule has 0 unspecified atom stereocenters. The molecule has 2 saturated heterocycles. The summed E-state index contributed by atoms with van der Waals surface area (Å²) in [4.78, 5) is 19.1. The number of nitrogens with zero attached hydrogens (tertiary/aromatic N) is 5. The van der Waals surface area contributed by atoms with Crippen molar-refractivity contribution >= 4 is 27.5 Å². The van der Waals surface area contributed by atoms with Crippen molar-refractivity contribution in [3.63, 3.8) is 0 Å². The predicted octanol–water partition coefficient (Wildman–Crippen LogP) is 7.01. The fourth-order valence-electron chi connectivity index (χ4n) is 8.39. The van der Waals surface area contributed by atoms with Crippen LogP contribution in [0.5, 0.6) is 6.01 Å². The summed E-state index contributed by atoms with van der Waals surface area (Å²) < 4.78 is 81.1. The molecular formula is C39H41F5N6O2. The molecule has 8 nitrogen and oxygen atoms in total. The average molecular weight is 721 g/mol. The number of ether oxygens (including phenoxy) is 2. The number of piperazine rings is 1.